The van der Waals surface area contributed by atoms with Crippen LogP contribution in [-0.4, -0.2) is 97.7 Å². The molecule has 8 aromatic heterocycles. The molecular formula is C119H123Cl4N15O9. The SMILES string of the molecule is CC(=O)NC(C)(C)c1ccc(-c2nc3ccnc(Cl)c3cc2-c2ccccc2)cc1.CC(=O)NC(C)(C)c1ccc(C(=O)Cc2ccccc2)cc1.CC(=O)NC(C)(C)c1ccccc1.CC(C)(C)OC(=O)NC(C)(C)c1ccc(-c2nc3ccnc(Cl)c3cc2-c2ccccc2)cc1.CC(C)(C)OC(=O)Nc1ccnc(Cl)c1C=O.Cc1nnc2c3cc(-c4ccccc4)c(-c4ccc(C(C)(C)N)cc4)nc3ccn12.Cl. The molecule has 0 radical (unpaired) electrons. The van der Waals surface area contributed by atoms with Crippen LogP contribution in [0.5, 0.6) is 0 Å². The number of nitrogens with two attached hydrogens (primary N) is 1. The number of Topliss-reactive ketones (excluding diaryl/α,β-unsaturated/α-hetero) is 1. The Hall–Kier alpha value is -15.3. The van der Waals surface area contributed by atoms with Gasteiger partial charge >= 0.3 is 12.2 Å². The number of nitrogens with one attached hydrogen (secondary N) is 5. The van der Waals surface area contributed by atoms with Gasteiger partial charge in [0, 0.05) is 113 Å². The number of aromatic nitrogens is 9. The molecule has 0 saturated carbocycles. The van der Waals surface area contributed by atoms with E-state index in [1.54, 1.807) is 33.2 Å². The van der Waals surface area contributed by atoms with Gasteiger partial charge in [-0.2, -0.15) is 0 Å². The Morgan fingerprint density at radius 1 is 0.374 bits per heavy atom. The topological polar surface area (TPSA) is 332 Å². The number of amides is 5. The number of aldehydes is 1. The summed E-state index contributed by atoms with van der Waals surface area (Å²) in [6, 6.07) is 95.7. The summed E-state index contributed by atoms with van der Waals surface area (Å²) in [5.74, 6) is 0.813. The smallest absolute Gasteiger partial charge is 0.412 e. The zero-order valence-corrected chi connectivity index (χ0v) is 89.2. The average Bonchev–Trinajstić information content (AvgIpc) is 1.68. The second-order valence-electron chi connectivity index (χ2n) is 39.7. The summed E-state index contributed by atoms with van der Waals surface area (Å²) in [7, 11) is 0. The van der Waals surface area contributed by atoms with Crippen LogP contribution in [0.3, 0.4) is 0 Å². The molecule has 7 N–H and O–H groups in total. The van der Waals surface area contributed by atoms with Gasteiger partial charge < -0.3 is 36.5 Å². The van der Waals surface area contributed by atoms with E-state index in [0.717, 1.165) is 145 Å². The summed E-state index contributed by atoms with van der Waals surface area (Å²) in [6.07, 6.45) is 6.53. The van der Waals surface area contributed by atoms with Gasteiger partial charge in [0.1, 0.15) is 32.5 Å². The second-order valence-corrected chi connectivity index (χ2v) is 40.8. The highest BCUT2D eigenvalue weighted by atomic mass is 35.5. The third-order valence-corrected chi connectivity index (χ3v) is 24.4. The Balaban J connectivity index is 0.000000172. The first-order chi connectivity index (χ1) is 69.0. The molecule has 147 heavy (non-hydrogen) atoms. The van der Waals surface area contributed by atoms with E-state index in [2.05, 4.69) is 125 Å². The number of carbonyl (C=O) groups excluding carboxylic acids is 7. The Morgan fingerprint density at radius 2 is 0.707 bits per heavy atom. The number of aryl methyl sites for hydroxylation is 1. The van der Waals surface area contributed by atoms with Gasteiger partial charge in [0.25, 0.3) is 0 Å². The van der Waals surface area contributed by atoms with Gasteiger partial charge in [-0.15, -0.1) is 22.6 Å². The molecule has 0 saturated heterocycles. The van der Waals surface area contributed by atoms with Crippen molar-refractivity contribution in [1.82, 2.24) is 65.8 Å². The number of hydrogen-bond acceptors (Lipinski definition) is 18. The van der Waals surface area contributed by atoms with Gasteiger partial charge in [-0.25, -0.2) is 39.5 Å². The lowest BCUT2D eigenvalue weighted by atomic mass is 9.91. The molecule has 8 heterocycles. The number of hydrogen-bond donors (Lipinski definition) is 6. The molecule has 24 nitrogen and oxygen atoms in total. The van der Waals surface area contributed by atoms with Crippen LogP contribution in [0.2, 0.25) is 15.5 Å². The number of pyridine rings is 7. The Bertz CT molecular complexity index is 7500. The lowest BCUT2D eigenvalue weighted by molar-refractivity contribution is -0.121. The fourth-order valence-corrected chi connectivity index (χ4v) is 16.8. The molecule has 0 fully saturated rings. The maximum atomic E-state index is 12.3. The normalized spacial score (nSPS) is 11.4. The van der Waals surface area contributed by atoms with Crippen molar-refractivity contribution >= 4 is 133 Å². The summed E-state index contributed by atoms with van der Waals surface area (Å²) in [4.78, 5) is 108. The van der Waals surface area contributed by atoms with Crippen molar-refractivity contribution in [2.75, 3.05) is 5.32 Å². The van der Waals surface area contributed by atoms with Crippen molar-refractivity contribution in [2.24, 2.45) is 5.73 Å². The number of ketones is 1. The van der Waals surface area contributed by atoms with E-state index in [1.165, 1.54) is 33.0 Å². The van der Waals surface area contributed by atoms with Crippen LogP contribution in [0.1, 0.15) is 191 Å². The lowest BCUT2D eigenvalue weighted by Crippen LogP contribution is -2.43. The van der Waals surface area contributed by atoms with Gasteiger partial charge in [0.05, 0.1) is 67.0 Å². The fraction of sp³-hybridized carbons (Fsp3) is 0.235. The first kappa shape index (κ1) is 112. The second kappa shape index (κ2) is 48.6. The Morgan fingerprint density at radius 3 is 1.09 bits per heavy atom. The first-order valence-electron chi connectivity index (χ1n) is 47.6. The molecular weight excluding hydrogens is 1930 g/mol. The maximum Gasteiger partial charge on any atom is 0.412 e. The summed E-state index contributed by atoms with van der Waals surface area (Å²) in [5, 5.41) is 26.3. The lowest BCUT2D eigenvalue weighted by Gasteiger charge is -2.29. The van der Waals surface area contributed by atoms with Crippen LogP contribution in [0.25, 0.3) is 106 Å². The van der Waals surface area contributed by atoms with Crippen LogP contribution in [0.4, 0.5) is 15.3 Å². The standard InChI is InChI=1S/C28H28ClN3O2.C25H22ClN3O.C25H23N5.C19H21NO2.C11H13ClN2O3.C11H15NO.ClH/c1-27(2,3)34-26(33)32-28(4,5)20-13-11-19(12-14-20)24-21(18-9-7-6-8-10-18)17-22-23(31-24)15-16-30-25(22)29;1-16(30)29-25(2,3)19-11-9-18(10-12-19)23-20(17-7-5-4-6-8-17)15-21-22(28-23)13-14-27-24(21)26;1-16-28-29-24-21-15-20(17-7-5-4-6-8-17)23(27-22(21)13-14-30(16)24)18-9-11-19(12-10-18)25(2,3)26;1-14(21)20-19(2,3)17-11-9-16(10-12-17)18(22)13-15-7-5-4-6-8-15;1-11(2,3)17-10(16)14-8-4-5-13-9(12)7(8)6-15;1-9(13)12-11(2,3)10-7-5-4-6-8-10;/h6-17H,1-5H3,(H,32,33);4-15H,1-3H3,(H,29,30);4-15H,26H2,1-3H3;4-12H,13H2,1-3H3,(H,20,21);4-6H,1-3H3,(H,13,14,16);4-8H,1-3H3,(H,12,13);1H. The summed E-state index contributed by atoms with van der Waals surface area (Å²) in [6.45, 7) is 37.0. The van der Waals surface area contributed by atoms with Crippen molar-refractivity contribution in [3.8, 4) is 67.2 Å². The molecule has 0 spiro atoms. The minimum atomic E-state index is -0.650. The third-order valence-electron chi connectivity index (χ3n) is 23.5. The predicted molar refractivity (Wildman–Crippen MR) is 594 cm³/mol. The average molecular weight is 2050 g/mol. The fourth-order valence-electron chi connectivity index (χ4n) is 16.2. The minimum absolute atomic E-state index is 0. The van der Waals surface area contributed by atoms with Gasteiger partial charge in [-0.1, -0.05) is 284 Å². The molecule has 28 heteroatoms. The van der Waals surface area contributed by atoms with Crippen LogP contribution >= 0.6 is 47.2 Å². The molecule has 0 aliphatic rings. The summed E-state index contributed by atoms with van der Waals surface area (Å²) >= 11 is 18.4. The minimum Gasteiger partial charge on any atom is -0.444 e. The van der Waals surface area contributed by atoms with Crippen molar-refractivity contribution < 1.29 is 43.0 Å². The molecule has 5 amide bonds. The zero-order chi connectivity index (χ0) is 106. The van der Waals surface area contributed by atoms with E-state index in [1.807, 2.05) is 320 Å². The molecule has 9 aromatic carbocycles. The highest BCUT2D eigenvalue weighted by molar-refractivity contribution is 6.35. The van der Waals surface area contributed by atoms with E-state index in [4.69, 9.17) is 65.0 Å². The highest BCUT2D eigenvalue weighted by Crippen LogP contribution is 2.41. The maximum absolute atomic E-state index is 12.3. The third kappa shape index (κ3) is 30.4. The molecule has 17 rings (SSSR count). The monoisotopic (exact) mass is 2050 g/mol. The molecule has 0 atom stereocenters. The number of nitrogens with zero attached hydrogens (tertiary/aromatic N) is 9. The molecule has 0 bridgehead atoms. The van der Waals surface area contributed by atoms with E-state index < -0.39 is 40.0 Å². The van der Waals surface area contributed by atoms with Crippen LogP contribution in [0, 0.1) is 6.92 Å². The number of ether oxygens (including phenoxy) is 2. The van der Waals surface area contributed by atoms with Gasteiger partial charge in [0.2, 0.25) is 17.7 Å². The van der Waals surface area contributed by atoms with Gasteiger partial charge in [0.15, 0.2) is 17.7 Å². The van der Waals surface area contributed by atoms with Crippen LogP contribution in [0.15, 0.2) is 316 Å². The van der Waals surface area contributed by atoms with Crippen molar-refractivity contribution in [2.45, 2.75) is 184 Å². The Labute approximate surface area is 879 Å². The van der Waals surface area contributed by atoms with Crippen molar-refractivity contribution in [1.29, 1.82) is 0 Å². The van der Waals surface area contributed by atoms with E-state index in [9.17, 15) is 33.6 Å². The number of anilines is 1. The number of halogens is 4. The summed E-state index contributed by atoms with van der Waals surface area (Å²) < 4.78 is 12.5. The molecule has 17 aromatic rings. The molecule has 756 valence electrons. The molecule has 0 aliphatic carbocycles. The molecule has 0 aliphatic heterocycles. The predicted octanol–water partition coefficient (Wildman–Crippen LogP) is 27.3. The van der Waals surface area contributed by atoms with E-state index in [0.29, 0.717) is 28.6 Å². The number of carbonyl (C=O) groups is 7. The number of alkyl carbamates (subject to hydrolysis) is 1. The van der Waals surface area contributed by atoms with E-state index >= 15 is 0 Å². The van der Waals surface area contributed by atoms with Crippen molar-refractivity contribution in [3.63, 3.8) is 0 Å². The zero-order valence-electron chi connectivity index (χ0n) is 86.1. The number of fused-ring (bicyclic) bond motifs is 5. The highest BCUT2D eigenvalue weighted by Gasteiger charge is 2.30. The van der Waals surface area contributed by atoms with E-state index in [-0.39, 0.29) is 63.4 Å². The van der Waals surface area contributed by atoms with Crippen molar-refractivity contribution in [3.05, 3.63) is 382 Å². The van der Waals surface area contributed by atoms with Gasteiger partial charge in [-0.3, -0.25) is 33.7 Å². The molecule has 0 unspecified atom stereocenters. The van der Waals surface area contributed by atoms with Crippen LogP contribution < -0.4 is 32.3 Å². The quantitative estimate of drug-likeness (QED) is 0.0234. The number of rotatable bonds is 20. The van der Waals surface area contributed by atoms with Gasteiger partial charge in [-0.05, 0) is 210 Å². The van der Waals surface area contributed by atoms with Crippen LogP contribution in [-0.2, 0) is 58.0 Å². The number of benzene rings is 9. The Kier molecular flexibility index (Phi) is 37.0. The largest absolute Gasteiger partial charge is 0.444 e. The first-order valence-corrected chi connectivity index (χ1v) is 48.7. The summed E-state index contributed by atoms with van der Waals surface area (Å²) in [5.41, 5.74) is 25.4.